The predicted molar refractivity (Wildman–Crippen MR) is 83.9 cm³/mol. The van der Waals surface area contributed by atoms with Crippen molar-refractivity contribution in [3.8, 4) is 5.75 Å². The van der Waals surface area contributed by atoms with E-state index in [2.05, 4.69) is 27.7 Å². The second-order valence-electron chi connectivity index (χ2n) is 4.72. The summed E-state index contributed by atoms with van der Waals surface area (Å²) in [5, 5.41) is 4.14. The van der Waals surface area contributed by atoms with Crippen LogP contribution in [0.4, 0.5) is 5.69 Å². The molecule has 1 aromatic carbocycles. The molecule has 0 atom stereocenters. The number of carbonyl (C=O) groups excluding carboxylic acids is 1. The van der Waals surface area contributed by atoms with Gasteiger partial charge in [-0.25, -0.2) is 0 Å². The number of aryl methyl sites for hydroxylation is 1. The smallest absolute Gasteiger partial charge is 0.265 e. The highest BCUT2D eigenvalue weighted by atomic mass is 127. The lowest BCUT2D eigenvalue weighted by molar-refractivity contribution is -0.121. The lowest BCUT2D eigenvalue weighted by Gasteiger charge is -2.29. The van der Waals surface area contributed by atoms with Crippen LogP contribution in [0.15, 0.2) is 30.6 Å². The molecule has 0 fully saturated rings. The fourth-order valence-corrected chi connectivity index (χ4v) is 2.73. The summed E-state index contributed by atoms with van der Waals surface area (Å²) < 4.78 is 8.36. The second kappa shape index (κ2) is 5.43. The predicted octanol–water partition coefficient (Wildman–Crippen LogP) is 1.99. The number of aromatic nitrogens is 2. The highest BCUT2D eigenvalue weighted by molar-refractivity contribution is 14.1. The van der Waals surface area contributed by atoms with Crippen molar-refractivity contribution in [2.24, 2.45) is 7.05 Å². The first-order chi connectivity index (χ1) is 9.63. The molecule has 0 saturated heterocycles. The van der Waals surface area contributed by atoms with Crippen molar-refractivity contribution in [2.45, 2.75) is 6.42 Å². The van der Waals surface area contributed by atoms with Gasteiger partial charge in [0.15, 0.2) is 6.61 Å². The van der Waals surface area contributed by atoms with Crippen LogP contribution in [0.25, 0.3) is 0 Å². The number of hydrogen-bond donors (Lipinski definition) is 0. The van der Waals surface area contributed by atoms with Crippen molar-refractivity contribution >= 4 is 34.2 Å². The minimum absolute atomic E-state index is 0.00241. The Labute approximate surface area is 130 Å². The number of nitrogens with zero attached hydrogens (tertiary/aromatic N) is 3. The standard InChI is InChI=1S/C14H14IN3O2/c1-17-8-10(7-16-17)4-5-18-12-3-2-11(15)6-13(12)20-9-14(18)19/h2-3,6-8H,4-5,9H2,1H3. The van der Waals surface area contributed by atoms with Gasteiger partial charge in [0, 0.05) is 23.4 Å². The molecule has 0 saturated carbocycles. The summed E-state index contributed by atoms with van der Waals surface area (Å²) in [6, 6.07) is 5.88. The van der Waals surface area contributed by atoms with Crippen molar-refractivity contribution in [3.05, 3.63) is 39.7 Å². The number of halogens is 1. The van der Waals surface area contributed by atoms with Crippen molar-refractivity contribution in [3.63, 3.8) is 0 Å². The van der Waals surface area contributed by atoms with E-state index in [1.165, 1.54) is 0 Å². The van der Waals surface area contributed by atoms with Gasteiger partial charge in [-0.2, -0.15) is 5.10 Å². The van der Waals surface area contributed by atoms with Gasteiger partial charge in [-0.15, -0.1) is 0 Å². The van der Waals surface area contributed by atoms with E-state index >= 15 is 0 Å². The molecule has 0 radical (unpaired) electrons. The van der Waals surface area contributed by atoms with Gasteiger partial charge in [-0.05, 0) is 52.8 Å². The fraction of sp³-hybridized carbons (Fsp3) is 0.286. The Hall–Kier alpha value is -1.57. The van der Waals surface area contributed by atoms with Crippen LogP contribution < -0.4 is 9.64 Å². The van der Waals surface area contributed by atoms with Gasteiger partial charge < -0.3 is 9.64 Å². The summed E-state index contributed by atoms with van der Waals surface area (Å²) in [6.07, 6.45) is 4.59. The summed E-state index contributed by atoms with van der Waals surface area (Å²) >= 11 is 2.24. The van der Waals surface area contributed by atoms with Crippen LogP contribution in [0.1, 0.15) is 5.56 Å². The maximum absolute atomic E-state index is 12.0. The summed E-state index contributed by atoms with van der Waals surface area (Å²) in [5.41, 5.74) is 1.98. The lowest BCUT2D eigenvalue weighted by atomic mass is 10.2. The van der Waals surface area contributed by atoms with E-state index in [1.54, 1.807) is 9.58 Å². The molecule has 0 unspecified atom stereocenters. The highest BCUT2D eigenvalue weighted by Crippen LogP contribution is 2.33. The average molecular weight is 383 g/mol. The summed E-state index contributed by atoms with van der Waals surface area (Å²) in [5.74, 6) is 0.783. The number of rotatable bonds is 3. The number of hydrogen-bond acceptors (Lipinski definition) is 3. The molecule has 0 bridgehead atoms. The molecular formula is C14H14IN3O2. The highest BCUT2D eigenvalue weighted by Gasteiger charge is 2.25. The van der Waals surface area contributed by atoms with Gasteiger partial charge in [0.25, 0.3) is 5.91 Å². The van der Waals surface area contributed by atoms with Crippen molar-refractivity contribution < 1.29 is 9.53 Å². The van der Waals surface area contributed by atoms with E-state index in [-0.39, 0.29) is 12.5 Å². The molecule has 1 aromatic heterocycles. The average Bonchev–Trinajstić information content (AvgIpc) is 2.83. The van der Waals surface area contributed by atoms with E-state index in [0.29, 0.717) is 6.54 Å². The zero-order valence-corrected chi connectivity index (χ0v) is 13.2. The molecule has 1 amide bonds. The molecule has 6 heteroatoms. The summed E-state index contributed by atoms with van der Waals surface area (Å²) in [7, 11) is 1.89. The van der Waals surface area contributed by atoms with Gasteiger partial charge in [-0.1, -0.05) is 0 Å². The van der Waals surface area contributed by atoms with Crippen LogP contribution in [0.3, 0.4) is 0 Å². The Morgan fingerprint density at radius 1 is 1.45 bits per heavy atom. The molecule has 1 aliphatic rings. The molecule has 2 heterocycles. The normalized spacial score (nSPS) is 14.1. The van der Waals surface area contributed by atoms with Crippen LogP contribution in [0.2, 0.25) is 0 Å². The molecule has 20 heavy (non-hydrogen) atoms. The van der Waals surface area contributed by atoms with Gasteiger partial charge in [0.2, 0.25) is 0 Å². The first-order valence-corrected chi connectivity index (χ1v) is 7.41. The number of carbonyl (C=O) groups is 1. The summed E-state index contributed by atoms with van der Waals surface area (Å²) in [6.45, 7) is 0.752. The van der Waals surface area contributed by atoms with Crippen LogP contribution in [-0.4, -0.2) is 28.8 Å². The van der Waals surface area contributed by atoms with E-state index in [4.69, 9.17) is 4.74 Å². The lowest BCUT2D eigenvalue weighted by Crippen LogP contribution is -2.40. The number of benzene rings is 1. The molecule has 2 aromatic rings. The van der Waals surface area contributed by atoms with Gasteiger partial charge in [0.1, 0.15) is 5.75 Å². The maximum atomic E-state index is 12.0. The minimum atomic E-state index is 0.00241. The first kappa shape index (κ1) is 13.4. The van der Waals surface area contributed by atoms with Crippen molar-refractivity contribution in [1.82, 2.24) is 9.78 Å². The number of fused-ring (bicyclic) bond motifs is 1. The number of ether oxygens (including phenoxy) is 1. The third-order valence-electron chi connectivity index (χ3n) is 3.25. The third kappa shape index (κ3) is 2.65. The Morgan fingerprint density at radius 3 is 3.05 bits per heavy atom. The quantitative estimate of drug-likeness (QED) is 0.762. The largest absolute Gasteiger partial charge is 0.482 e. The molecule has 3 rings (SSSR count). The van der Waals surface area contributed by atoms with E-state index in [0.717, 1.165) is 27.0 Å². The zero-order valence-electron chi connectivity index (χ0n) is 11.0. The number of amides is 1. The Morgan fingerprint density at radius 2 is 2.30 bits per heavy atom. The molecule has 0 aliphatic carbocycles. The van der Waals surface area contributed by atoms with Gasteiger partial charge in [-0.3, -0.25) is 9.48 Å². The molecule has 0 N–H and O–H groups in total. The van der Waals surface area contributed by atoms with E-state index in [9.17, 15) is 4.79 Å². The molecular weight excluding hydrogens is 369 g/mol. The van der Waals surface area contributed by atoms with Crippen LogP contribution in [-0.2, 0) is 18.3 Å². The zero-order chi connectivity index (χ0) is 14.1. The van der Waals surface area contributed by atoms with Crippen LogP contribution in [0, 0.1) is 3.57 Å². The molecule has 1 aliphatic heterocycles. The van der Waals surface area contributed by atoms with Crippen LogP contribution in [0.5, 0.6) is 5.75 Å². The monoisotopic (exact) mass is 383 g/mol. The van der Waals surface area contributed by atoms with E-state index < -0.39 is 0 Å². The summed E-state index contributed by atoms with van der Waals surface area (Å²) in [4.78, 5) is 13.8. The van der Waals surface area contributed by atoms with Crippen molar-refractivity contribution in [1.29, 1.82) is 0 Å². The molecule has 104 valence electrons. The first-order valence-electron chi connectivity index (χ1n) is 6.34. The second-order valence-corrected chi connectivity index (χ2v) is 5.96. The minimum Gasteiger partial charge on any atom is -0.482 e. The Kier molecular flexibility index (Phi) is 3.64. The Bertz CT molecular complexity index is 654. The van der Waals surface area contributed by atoms with E-state index in [1.807, 2.05) is 37.6 Å². The van der Waals surface area contributed by atoms with Gasteiger partial charge >= 0.3 is 0 Å². The topological polar surface area (TPSA) is 47.4 Å². The number of anilines is 1. The third-order valence-corrected chi connectivity index (χ3v) is 3.92. The Balaban J connectivity index is 1.80. The van der Waals surface area contributed by atoms with Crippen molar-refractivity contribution in [2.75, 3.05) is 18.1 Å². The SMILES string of the molecule is Cn1cc(CCN2C(=O)COc3cc(I)ccc32)cn1. The van der Waals surface area contributed by atoms with Gasteiger partial charge in [0.05, 0.1) is 11.9 Å². The molecule has 0 spiro atoms. The van der Waals surface area contributed by atoms with Crippen LogP contribution >= 0.6 is 22.6 Å². The molecule has 5 nitrogen and oxygen atoms in total. The fourth-order valence-electron chi connectivity index (χ4n) is 2.27. The maximum Gasteiger partial charge on any atom is 0.265 e.